The highest BCUT2D eigenvalue weighted by Crippen LogP contribution is 2.45. The van der Waals surface area contributed by atoms with Gasteiger partial charge in [0.25, 0.3) is 16.0 Å². The fraction of sp³-hybridized carbons (Fsp3) is 0.0909. The molecule has 268 valence electrons. The molecular weight excluding hydrogens is 739 g/mol. The van der Waals surface area contributed by atoms with Gasteiger partial charge in [-0.2, -0.15) is 18.6 Å². The first-order valence-electron chi connectivity index (χ1n) is 14.7. The summed E-state index contributed by atoms with van der Waals surface area (Å²) in [4.78, 5) is 25.1. The summed E-state index contributed by atoms with van der Waals surface area (Å²) in [6, 6.07) is 17.4. The van der Waals surface area contributed by atoms with Crippen LogP contribution in [0.4, 0.5) is 22.7 Å². The topological polar surface area (TPSA) is 243 Å². The van der Waals surface area contributed by atoms with E-state index in [1.165, 1.54) is 54.6 Å². The molecule has 0 aliphatic carbocycles. The van der Waals surface area contributed by atoms with Crippen LogP contribution in [0.2, 0.25) is 0 Å². The maximum absolute atomic E-state index is 13.2. The lowest BCUT2D eigenvalue weighted by molar-refractivity contribution is -0.432. The molecule has 0 aliphatic heterocycles. The van der Waals surface area contributed by atoms with Crippen molar-refractivity contribution in [2.45, 2.75) is 34.6 Å². The van der Waals surface area contributed by atoms with Crippen LogP contribution in [-0.2, 0) is 38.9 Å². The van der Waals surface area contributed by atoms with Crippen LogP contribution in [-0.4, -0.2) is 49.5 Å². The molecule has 4 N–H and O–H groups in total. The van der Waals surface area contributed by atoms with Crippen molar-refractivity contribution < 1.29 is 50.7 Å². The summed E-state index contributed by atoms with van der Waals surface area (Å²) >= 11 is 0.410. The fourth-order valence-corrected chi connectivity index (χ4v) is 7.11. The molecule has 0 heterocycles. The second kappa shape index (κ2) is 15.5. The number of hydrogen-bond donors (Lipinski definition) is 4. The Morgan fingerprint density at radius 2 is 1.63 bits per heavy atom. The number of anilines is 1. The zero-order valence-electron chi connectivity index (χ0n) is 27.0. The molecular formula is C33H27N5O11S3. The minimum Gasteiger partial charge on any atom is -0.505 e. The third-order valence-corrected chi connectivity index (χ3v) is 10.4. The molecule has 19 heteroatoms. The number of nitrogens with zero attached hydrogens (tertiary/aromatic N) is 4. The molecule has 5 aromatic rings. The zero-order chi connectivity index (χ0) is 37.8. The largest absolute Gasteiger partial charge is 0.505 e. The van der Waals surface area contributed by atoms with Gasteiger partial charge in [0.2, 0.25) is 6.04 Å². The number of fused-ring (bicyclic) bond motifs is 2. The van der Waals surface area contributed by atoms with Gasteiger partial charge in [-0.05, 0) is 78.7 Å². The highest BCUT2D eigenvalue weighted by atomic mass is 32.2. The normalized spacial score (nSPS) is 12.8. The maximum Gasteiger partial charge on any atom is 0.297 e. The molecule has 0 spiro atoms. The molecule has 0 saturated carbocycles. The SMILES string of the molecule is C=CS(=O)(=O)c1ccc(N=NC(C(C)=O)C(=O)Nc2ccc3c(O)c(N=Nc4ccc5ccccc5c4S(=O)(=O)O)c(SOOO)cc3c2)c(C)c1. The first kappa shape index (κ1) is 37.8. The number of ketones is 1. The van der Waals surface area contributed by atoms with Gasteiger partial charge < -0.3 is 10.4 Å². The van der Waals surface area contributed by atoms with E-state index in [0.29, 0.717) is 28.4 Å². The van der Waals surface area contributed by atoms with Crippen LogP contribution in [0.25, 0.3) is 21.5 Å². The summed E-state index contributed by atoms with van der Waals surface area (Å²) in [5.74, 6) is -1.94. The van der Waals surface area contributed by atoms with Crippen molar-refractivity contribution >= 4 is 88.0 Å². The number of rotatable bonds is 13. The van der Waals surface area contributed by atoms with Crippen molar-refractivity contribution in [2.24, 2.45) is 20.5 Å². The summed E-state index contributed by atoms with van der Waals surface area (Å²) in [6.45, 7) is 6.02. The highest BCUT2D eigenvalue weighted by Gasteiger charge is 2.25. The molecule has 5 aromatic carbocycles. The number of carbonyl (C=O) groups is 2. The van der Waals surface area contributed by atoms with Crippen molar-refractivity contribution in [3.8, 4) is 5.75 Å². The lowest BCUT2D eigenvalue weighted by Gasteiger charge is -2.13. The number of hydrogen-bond acceptors (Lipinski definition) is 15. The van der Waals surface area contributed by atoms with Crippen molar-refractivity contribution in [1.29, 1.82) is 0 Å². The number of azo groups is 2. The fourth-order valence-electron chi connectivity index (χ4n) is 4.99. The van der Waals surface area contributed by atoms with Crippen LogP contribution in [0.5, 0.6) is 5.75 Å². The maximum atomic E-state index is 13.2. The number of amides is 1. The van der Waals surface area contributed by atoms with Crippen LogP contribution < -0.4 is 5.32 Å². The number of aryl methyl sites for hydroxylation is 1. The van der Waals surface area contributed by atoms with Gasteiger partial charge in [0.15, 0.2) is 21.4 Å². The summed E-state index contributed by atoms with van der Waals surface area (Å²) in [6.07, 6.45) is 0. The number of phenols is 1. The van der Waals surface area contributed by atoms with Gasteiger partial charge in [0, 0.05) is 21.9 Å². The van der Waals surface area contributed by atoms with E-state index in [1.54, 1.807) is 31.2 Å². The van der Waals surface area contributed by atoms with E-state index in [-0.39, 0.29) is 43.3 Å². The third kappa shape index (κ3) is 8.21. The standard InChI is InChI=1S/C33H27N5O11S3/c1-4-51(43,44)23-11-14-26(18(2)15-23)35-37-29(19(3)39)33(41)34-22-10-12-24-21(16-22)17-28(50-49-48-42)30(31(24)40)38-36-27-13-9-20-7-5-6-8-25(20)32(27)52(45,46)47/h4-17,29,40,42H,1H2,2-3H3,(H,34,41)(H,45,46,47). The smallest absolute Gasteiger partial charge is 0.297 e. The minimum absolute atomic E-state index is 0.00874. The Morgan fingerprint density at radius 3 is 2.31 bits per heavy atom. The number of Topliss-reactive ketones (excluding diaryl/α,β-unsaturated/α-hetero) is 1. The van der Waals surface area contributed by atoms with Gasteiger partial charge in [-0.15, -0.1) is 14.6 Å². The average molecular weight is 766 g/mol. The van der Waals surface area contributed by atoms with E-state index in [2.05, 4.69) is 41.7 Å². The zero-order valence-corrected chi connectivity index (χ0v) is 29.4. The van der Waals surface area contributed by atoms with Crippen molar-refractivity contribution in [3.63, 3.8) is 0 Å². The lowest BCUT2D eigenvalue weighted by Crippen LogP contribution is -2.31. The van der Waals surface area contributed by atoms with E-state index in [1.807, 2.05) is 0 Å². The van der Waals surface area contributed by atoms with Crippen molar-refractivity contribution in [3.05, 3.63) is 96.4 Å². The van der Waals surface area contributed by atoms with E-state index in [4.69, 9.17) is 5.26 Å². The lowest BCUT2D eigenvalue weighted by atomic mass is 10.1. The first-order chi connectivity index (χ1) is 24.6. The Hall–Kier alpha value is -5.41. The van der Waals surface area contributed by atoms with E-state index in [9.17, 15) is 36.1 Å². The molecule has 1 unspecified atom stereocenters. The van der Waals surface area contributed by atoms with Gasteiger partial charge in [0.05, 0.1) is 27.5 Å². The predicted octanol–water partition coefficient (Wildman–Crippen LogP) is 7.69. The summed E-state index contributed by atoms with van der Waals surface area (Å²) in [7, 11) is -8.47. The monoisotopic (exact) mass is 765 g/mol. The Morgan fingerprint density at radius 1 is 0.904 bits per heavy atom. The van der Waals surface area contributed by atoms with Gasteiger partial charge in [-0.1, -0.05) is 41.9 Å². The molecule has 0 radical (unpaired) electrons. The Kier molecular flexibility index (Phi) is 11.2. The van der Waals surface area contributed by atoms with E-state index < -0.39 is 48.3 Å². The first-order valence-corrected chi connectivity index (χ1v) is 18.4. The van der Waals surface area contributed by atoms with Gasteiger partial charge in [0.1, 0.15) is 16.3 Å². The quantitative estimate of drug-likeness (QED) is 0.0225. The van der Waals surface area contributed by atoms with Gasteiger partial charge in [-0.25, -0.2) is 13.7 Å². The summed E-state index contributed by atoms with van der Waals surface area (Å²) in [5.41, 5.74) is 0.350. The van der Waals surface area contributed by atoms with Crippen LogP contribution in [0.1, 0.15) is 12.5 Å². The van der Waals surface area contributed by atoms with Crippen LogP contribution in [0.3, 0.4) is 0 Å². The number of sulfone groups is 1. The van der Waals surface area contributed by atoms with Crippen LogP contribution in [0.15, 0.2) is 126 Å². The predicted molar refractivity (Wildman–Crippen MR) is 190 cm³/mol. The third-order valence-electron chi connectivity index (χ3n) is 7.48. The van der Waals surface area contributed by atoms with Gasteiger partial charge in [-0.3, -0.25) is 14.1 Å². The molecule has 0 aromatic heterocycles. The number of benzene rings is 5. The number of aromatic hydroxyl groups is 1. The molecule has 5 rings (SSSR count). The Bertz CT molecular complexity index is 2540. The second-order valence-corrected chi connectivity index (χ2v) is 14.9. The van der Waals surface area contributed by atoms with Crippen molar-refractivity contribution in [1.82, 2.24) is 0 Å². The van der Waals surface area contributed by atoms with Gasteiger partial charge >= 0.3 is 0 Å². The number of nitrogens with one attached hydrogen (secondary N) is 1. The van der Waals surface area contributed by atoms with Crippen LogP contribution in [0, 0.1) is 6.92 Å². The van der Waals surface area contributed by atoms with Crippen LogP contribution >= 0.6 is 12.0 Å². The minimum atomic E-state index is -4.78. The molecule has 16 nitrogen and oxygen atoms in total. The average Bonchev–Trinajstić information content (AvgIpc) is 3.10. The molecule has 1 atom stereocenters. The number of phenolic OH excluding ortho intramolecular Hbond substituents is 1. The molecule has 0 bridgehead atoms. The highest BCUT2D eigenvalue weighted by molar-refractivity contribution is 7.94. The number of carbonyl (C=O) groups excluding carboxylic acids is 2. The molecule has 0 saturated heterocycles. The summed E-state index contributed by atoms with van der Waals surface area (Å²) in [5, 5.41) is 44.2. The van der Waals surface area contributed by atoms with E-state index in [0.717, 1.165) is 12.3 Å². The van der Waals surface area contributed by atoms with Crippen molar-refractivity contribution in [2.75, 3.05) is 5.32 Å². The molecule has 52 heavy (non-hydrogen) atoms. The Labute approximate surface area is 300 Å². The molecule has 1 amide bonds. The molecule has 0 aliphatic rings. The summed E-state index contributed by atoms with van der Waals surface area (Å²) < 4.78 is 63.4. The molecule has 0 fully saturated rings. The second-order valence-electron chi connectivity index (χ2n) is 10.9. The van der Waals surface area contributed by atoms with E-state index >= 15 is 0 Å². The Balaban J connectivity index is 1.46.